The Morgan fingerprint density at radius 3 is 2.21 bits per heavy atom. The summed E-state index contributed by atoms with van der Waals surface area (Å²) in [5.74, 6) is 0.544. The molecule has 1 saturated heterocycles. The molecule has 0 aromatic heterocycles. The zero-order valence-electron chi connectivity index (χ0n) is 17.7. The van der Waals surface area contributed by atoms with Crippen molar-refractivity contribution in [2.45, 2.75) is 65.1 Å². The highest BCUT2D eigenvalue weighted by molar-refractivity contribution is 5.87. The molecule has 3 N–H and O–H groups in total. The third-order valence-corrected chi connectivity index (χ3v) is 4.98. The average molecular weight is 390 g/mol. The number of alkyl carbamates (subject to hydrolysis) is 1. The molecule has 6 heteroatoms. The largest absolute Gasteiger partial charge is 0.444 e. The van der Waals surface area contributed by atoms with Crippen LogP contribution in [0, 0.1) is 11.8 Å². The molecule has 1 unspecified atom stereocenters. The molecule has 6 nitrogen and oxygen atoms in total. The van der Waals surface area contributed by atoms with E-state index in [9.17, 15) is 9.59 Å². The van der Waals surface area contributed by atoms with Crippen molar-refractivity contribution in [2.24, 2.45) is 11.8 Å². The highest BCUT2D eigenvalue weighted by atomic mass is 16.6. The van der Waals surface area contributed by atoms with Gasteiger partial charge in [-0.15, -0.1) is 0 Å². The molecular weight excluding hydrogens is 354 g/mol. The molecule has 1 aromatic rings. The SMILES string of the molecule is CC(C)[C@@H](NC(=O)C(NC(=O)OC(C)(C)C)c1ccccc1)C1CCNCC1. The molecule has 156 valence electrons. The Balaban J connectivity index is 2.16. The van der Waals surface area contributed by atoms with E-state index in [-0.39, 0.29) is 11.9 Å². The van der Waals surface area contributed by atoms with E-state index < -0.39 is 17.7 Å². The number of amides is 2. The first kappa shape index (κ1) is 22.2. The normalized spacial score (nSPS) is 17.6. The summed E-state index contributed by atoms with van der Waals surface area (Å²) < 4.78 is 5.37. The predicted octanol–water partition coefficient (Wildman–Crippen LogP) is 3.39. The molecule has 1 fully saturated rings. The maximum Gasteiger partial charge on any atom is 0.408 e. The maximum atomic E-state index is 13.2. The lowest BCUT2D eigenvalue weighted by atomic mass is 9.83. The Morgan fingerprint density at radius 2 is 1.68 bits per heavy atom. The van der Waals surface area contributed by atoms with Gasteiger partial charge >= 0.3 is 6.09 Å². The maximum absolute atomic E-state index is 13.2. The number of carbonyl (C=O) groups excluding carboxylic acids is 2. The van der Waals surface area contributed by atoms with Crippen molar-refractivity contribution in [3.05, 3.63) is 35.9 Å². The van der Waals surface area contributed by atoms with Gasteiger partial charge in [0.05, 0.1) is 0 Å². The first-order valence-electron chi connectivity index (χ1n) is 10.2. The van der Waals surface area contributed by atoms with Gasteiger partial charge in [-0.3, -0.25) is 4.79 Å². The average Bonchev–Trinajstić information content (AvgIpc) is 2.63. The van der Waals surface area contributed by atoms with Crippen LogP contribution in [-0.2, 0) is 9.53 Å². The summed E-state index contributed by atoms with van der Waals surface area (Å²) in [4.78, 5) is 25.6. The second kappa shape index (κ2) is 9.92. The van der Waals surface area contributed by atoms with E-state index in [0.29, 0.717) is 11.8 Å². The van der Waals surface area contributed by atoms with Gasteiger partial charge in [0.25, 0.3) is 0 Å². The minimum atomic E-state index is -0.793. The van der Waals surface area contributed by atoms with E-state index >= 15 is 0 Å². The van der Waals surface area contributed by atoms with Crippen LogP contribution in [0.4, 0.5) is 4.79 Å². The number of hydrogen-bond donors (Lipinski definition) is 3. The molecule has 0 radical (unpaired) electrons. The zero-order chi connectivity index (χ0) is 20.7. The number of benzene rings is 1. The van der Waals surface area contributed by atoms with E-state index in [2.05, 4.69) is 29.8 Å². The zero-order valence-corrected chi connectivity index (χ0v) is 17.7. The minimum Gasteiger partial charge on any atom is -0.444 e. The Bertz CT molecular complexity index is 634. The van der Waals surface area contributed by atoms with Gasteiger partial charge in [0.2, 0.25) is 5.91 Å². The fourth-order valence-electron chi connectivity index (χ4n) is 3.65. The smallest absolute Gasteiger partial charge is 0.408 e. The molecule has 2 atom stereocenters. The van der Waals surface area contributed by atoms with Crippen LogP contribution in [0.2, 0.25) is 0 Å². The van der Waals surface area contributed by atoms with Gasteiger partial charge in [-0.25, -0.2) is 4.79 Å². The third-order valence-electron chi connectivity index (χ3n) is 4.98. The van der Waals surface area contributed by atoms with Crippen LogP contribution in [0.25, 0.3) is 0 Å². The molecule has 0 saturated carbocycles. The van der Waals surface area contributed by atoms with Crippen molar-refractivity contribution in [1.82, 2.24) is 16.0 Å². The number of ether oxygens (including phenoxy) is 1. The Hall–Kier alpha value is -2.08. The Labute approximate surface area is 168 Å². The first-order chi connectivity index (χ1) is 13.2. The van der Waals surface area contributed by atoms with Gasteiger partial charge in [-0.1, -0.05) is 44.2 Å². The van der Waals surface area contributed by atoms with Gasteiger partial charge in [0.1, 0.15) is 11.6 Å². The Kier molecular flexibility index (Phi) is 7.87. The van der Waals surface area contributed by atoms with Crippen LogP contribution in [0.3, 0.4) is 0 Å². The number of rotatable bonds is 6. The lowest BCUT2D eigenvalue weighted by molar-refractivity contribution is -0.125. The number of piperidine rings is 1. The predicted molar refractivity (Wildman–Crippen MR) is 111 cm³/mol. The molecule has 28 heavy (non-hydrogen) atoms. The fraction of sp³-hybridized carbons (Fsp3) is 0.636. The van der Waals surface area contributed by atoms with Gasteiger partial charge < -0.3 is 20.7 Å². The summed E-state index contributed by atoms with van der Waals surface area (Å²) in [6.45, 7) is 11.6. The minimum absolute atomic E-state index is 0.0706. The molecule has 0 bridgehead atoms. The third kappa shape index (κ3) is 6.82. The van der Waals surface area contributed by atoms with Crippen LogP contribution in [0.5, 0.6) is 0 Å². The van der Waals surface area contributed by atoms with Crippen LogP contribution < -0.4 is 16.0 Å². The summed E-state index contributed by atoms with van der Waals surface area (Å²) in [6, 6.07) is 8.57. The number of nitrogens with one attached hydrogen (secondary N) is 3. The summed E-state index contributed by atoms with van der Waals surface area (Å²) in [5, 5.41) is 9.34. The number of hydrogen-bond acceptors (Lipinski definition) is 4. The molecule has 1 aliphatic rings. The molecule has 2 amide bonds. The highest BCUT2D eigenvalue weighted by Crippen LogP contribution is 2.23. The second-order valence-electron chi connectivity index (χ2n) is 8.86. The van der Waals surface area contributed by atoms with E-state index in [1.54, 1.807) is 20.8 Å². The lowest BCUT2D eigenvalue weighted by Gasteiger charge is -2.35. The molecule has 1 heterocycles. The lowest BCUT2D eigenvalue weighted by Crippen LogP contribution is -2.51. The van der Waals surface area contributed by atoms with Crippen LogP contribution in [0.1, 0.15) is 59.1 Å². The highest BCUT2D eigenvalue weighted by Gasteiger charge is 2.32. The molecule has 2 rings (SSSR count). The fourth-order valence-corrected chi connectivity index (χ4v) is 3.65. The van der Waals surface area contributed by atoms with Crippen molar-refractivity contribution in [1.29, 1.82) is 0 Å². The van der Waals surface area contributed by atoms with E-state index in [1.807, 2.05) is 30.3 Å². The molecule has 0 aliphatic carbocycles. The van der Waals surface area contributed by atoms with E-state index in [4.69, 9.17) is 4.74 Å². The summed E-state index contributed by atoms with van der Waals surface area (Å²) in [7, 11) is 0. The second-order valence-corrected chi connectivity index (χ2v) is 8.86. The van der Waals surface area contributed by atoms with Crippen molar-refractivity contribution in [3.8, 4) is 0 Å². The summed E-state index contributed by atoms with van der Waals surface area (Å²) in [5.41, 5.74) is 0.107. The number of carbonyl (C=O) groups is 2. The molecule has 0 spiro atoms. The van der Waals surface area contributed by atoms with E-state index in [1.165, 1.54) is 0 Å². The quantitative estimate of drug-likeness (QED) is 0.697. The van der Waals surface area contributed by atoms with Gasteiger partial charge in [-0.2, -0.15) is 0 Å². The van der Waals surface area contributed by atoms with Crippen molar-refractivity contribution >= 4 is 12.0 Å². The Morgan fingerprint density at radius 1 is 1.07 bits per heavy atom. The van der Waals surface area contributed by atoms with Crippen LogP contribution in [0.15, 0.2) is 30.3 Å². The first-order valence-corrected chi connectivity index (χ1v) is 10.2. The summed E-state index contributed by atoms with van der Waals surface area (Å²) >= 11 is 0. The van der Waals surface area contributed by atoms with Crippen molar-refractivity contribution in [2.75, 3.05) is 13.1 Å². The topological polar surface area (TPSA) is 79.5 Å². The van der Waals surface area contributed by atoms with Gasteiger partial charge in [-0.05, 0) is 64.1 Å². The van der Waals surface area contributed by atoms with Crippen LogP contribution >= 0.6 is 0 Å². The van der Waals surface area contributed by atoms with Crippen molar-refractivity contribution in [3.63, 3.8) is 0 Å². The molecule has 1 aromatic carbocycles. The van der Waals surface area contributed by atoms with E-state index in [0.717, 1.165) is 31.5 Å². The molecular formula is C22H35N3O3. The van der Waals surface area contributed by atoms with Gasteiger partial charge in [0, 0.05) is 6.04 Å². The molecule has 1 aliphatic heterocycles. The van der Waals surface area contributed by atoms with Crippen LogP contribution in [-0.4, -0.2) is 36.7 Å². The van der Waals surface area contributed by atoms with Gasteiger partial charge in [0.15, 0.2) is 0 Å². The summed E-state index contributed by atoms with van der Waals surface area (Å²) in [6.07, 6.45) is 1.48. The standard InChI is InChI=1S/C22H35N3O3/c1-15(2)18(17-11-13-23-14-12-17)24-20(26)19(16-9-7-6-8-10-16)25-21(27)28-22(3,4)5/h6-10,15,17-19,23H,11-14H2,1-5H3,(H,24,26)(H,25,27)/t18-,19?/m1/s1. The van der Waals surface area contributed by atoms with Crippen molar-refractivity contribution < 1.29 is 14.3 Å². The monoisotopic (exact) mass is 389 g/mol.